The van der Waals surface area contributed by atoms with Crippen molar-refractivity contribution in [3.8, 4) is 11.8 Å². The molecule has 0 aromatic rings. The molecule has 0 aromatic carbocycles. The van der Waals surface area contributed by atoms with Crippen LogP contribution in [0, 0.1) is 11.8 Å². The Morgan fingerprint density at radius 3 is 2.50 bits per heavy atom. The Labute approximate surface area is 68.1 Å². The first-order chi connectivity index (χ1) is 5.48. The van der Waals surface area contributed by atoms with E-state index in [4.69, 9.17) is 0 Å². The van der Waals surface area contributed by atoms with Gasteiger partial charge in [-0.3, -0.25) is 4.79 Å². The molecule has 0 spiro atoms. The van der Waals surface area contributed by atoms with Gasteiger partial charge in [0.15, 0.2) is 0 Å². The summed E-state index contributed by atoms with van der Waals surface area (Å²) in [6.07, 6.45) is -4.56. The van der Waals surface area contributed by atoms with E-state index in [0.717, 1.165) is 0 Å². The topological polar surface area (TPSA) is 29.1 Å². The smallest absolute Gasteiger partial charge is 0.347 e. The van der Waals surface area contributed by atoms with Crippen molar-refractivity contribution < 1.29 is 18.0 Å². The molecule has 1 amide bonds. The number of halogens is 3. The maximum Gasteiger partial charge on any atom is 0.471 e. The maximum atomic E-state index is 11.5. The second-order valence-electron chi connectivity index (χ2n) is 1.93. The Hall–Kier alpha value is -1.18. The van der Waals surface area contributed by atoms with Gasteiger partial charge in [0.1, 0.15) is 0 Å². The van der Waals surface area contributed by atoms with Crippen LogP contribution in [0.3, 0.4) is 0 Å². The number of carbonyl (C=O) groups excluding carboxylic acids is 1. The van der Waals surface area contributed by atoms with E-state index in [2.05, 4.69) is 11.8 Å². The average Bonchev–Trinajstić information content (AvgIpc) is 1.96. The lowest BCUT2D eigenvalue weighted by atomic mass is 10.4. The van der Waals surface area contributed by atoms with Crippen molar-refractivity contribution in [2.45, 2.75) is 19.5 Å². The maximum absolute atomic E-state index is 11.5. The molecule has 2 nitrogen and oxygen atoms in total. The molecule has 0 saturated heterocycles. The van der Waals surface area contributed by atoms with Crippen molar-refractivity contribution in [2.24, 2.45) is 0 Å². The minimum Gasteiger partial charge on any atom is -0.347 e. The molecular formula is C7H8F3NO. The van der Waals surface area contributed by atoms with Crippen molar-refractivity contribution in [1.82, 2.24) is 5.32 Å². The lowest BCUT2D eigenvalue weighted by Gasteiger charge is -2.05. The fourth-order valence-electron chi connectivity index (χ4n) is 0.464. The van der Waals surface area contributed by atoms with Crippen LogP contribution in [-0.2, 0) is 4.79 Å². The SMILES string of the molecule is CC#CCCNC(=O)C(F)(F)F. The molecule has 0 rings (SSSR count). The highest BCUT2D eigenvalue weighted by atomic mass is 19.4. The highest BCUT2D eigenvalue weighted by molar-refractivity contribution is 5.81. The van der Waals surface area contributed by atoms with Crippen molar-refractivity contribution in [3.05, 3.63) is 0 Å². The normalized spacial score (nSPS) is 10.0. The van der Waals surface area contributed by atoms with Crippen LogP contribution in [0.15, 0.2) is 0 Å². The van der Waals surface area contributed by atoms with Gasteiger partial charge in [-0.25, -0.2) is 0 Å². The van der Waals surface area contributed by atoms with Crippen molar-refractivity contribution >= 4 is 5.91 Å². The summed E-state index contributed by atoms with van der Waals surface area (Å²) in [5.74, 6) is 3.10. The van der Waals surface area contributed by atoms with E-state index in [-0.39, 0.29) is 13.0 Å². The monoisotopic (exact) mass is 179 g/mol. The van der Waals surface area contributed by atoms with Crippen LogP contribution in [-0.4, -0.2) is 18.6 Å². The molecule has 0 aliphatic carbocycles. The Balaban J connectivity index is 3.63. The number of carbonyl (C=O) groups is 1. The summed E-state index contributed by atoms with van der Waals surface area (Å²) < 4.78 is 34.5. The standard InChI is InChI=1S/C7H8F3NO/c1-2-3-4-5-11-6(12)7(8,9)10/h4-5H2,1H3,(H,11,12). The third-order valence-electron chi connectivity index (χ3n) is 0.970. The van der Waals surface area contributed by atoms with Gasteiger partial charge in [0.2, 0.25) is 0 Å². The van der Waals surface area contributed by atoms with Crippen molar-refractivity contribution in [2.75, 3.05) is 6.54 Å². The van der Waals surface area contributed by atoms with Gasteiger partial charge >= 0.3 is 12.1 Å². The molecule has 0 bridgehead atoms. The summed E-state index contributed by atoms with van der Waals surface area (Å²) in [6, 6.07) is 0. The molecule has 0 atom stereocenters. The van der Waals surface area contributed by atoms with E-state index in [9.17, 15) is 18.0 Å². The van der Waals surface area contributed by atoms with Gasteiger partial charge in [-0.05, 0) is 6.92 Å². The van der Waals surface area contributed by atoms with Gasteiger partial charge in [-0.15, -0.1) is 11.8 Å². The van der Waals surface area contributed by atoms with Gasteiger partial charge in [0.05, 0.1) is 0 Å². The van der Waals surface area contributed by atoms with Gasteiger partial charge in [-0.2, -0.15) is 13.2 Å². The Bertz CT molecular complexity index is 211. The molecule has 0 aliphatic heterocycles. The molecule has 0 radical (unpaired) electrons. The average molecular weight is 179 g/mol. The molecule has 1 N–H and O–H groups in total. The number of hydrogen-bond donors (Lipinski definition) is 1. The lowest BCUT2D eigenvalue weighted by Crippen LogP contribution is -2.37. The minimum atomic E-state index is -4.79. The van der Waals surface area contributed by atoms with Crippen LogP contribution >= 0.6 is 0 Å². The summed E-state index contributed by atoms with van der Waals surface area (Å²) in [5.41, 5.74) is 0. The summed E-state index contributed by atoms with van der Waals surface area (Å²) in [7, 11) is 0. The van der Waals surface area contributed by atoms with E-state index in [1.807, 2.05) is 0 Å². The number of hydrogen-bond acceptors (Lipinski definition) is 1. The van der Waals surface area contributed by atoms with E-state index < -0.39 is 12.1 Å². The fourth-order valence-corrected chi connectivity index (χ4v) is 0.464. The first kappa shape index (κ1) is 10.8. The molecule has 12 heavy (non-hydrogen) atoms. The van der Waals surface area contributed by atoms with Crippen LogP contribution in [0.2, 0.25) is 0 Å². The molecule has 0 aliphatic rings. The predicted molar refractivity (Wildman–Crippen MR) is 37.1 cm³/mol. The van der Waals surface area contributed by atoms with Crippen LogP contribution in [0.4, 0.5) is 13.2 Å². The molecule has 0 saturated carbocycles. The summed E-state index contributed by atoms with van der Waals surface area (Å²) in [4.78, 5) is 10.1. The highest BCUT2D eigenvalue weighted by Gasteiger charge is 2.37. The Kier molecular flexibility index (Phi) is 4.19. The van der Waals surface area contributed by atoms with E-state index >= 15 is 0 Å². The number of rotatable bonds is 2. The zero-order valence-corrected chi connectivity index (χ0v) is 6.46. The molecule has 0 unspecified atom stereocenters. The highest BCUT2D eigenvalue weighted by Crippen LogP contribution is 2.13. The summed E-state index contributed by atoms with van der Waals surface area (Å²) >= 11 is 0. The first-order valence-corrected chi connectivity index (χ1v) is 3.23. The van der Waals surface area contributed by atoms with Crippen LogP contribution in [0.1, 0.15) is 13.3 Å². The zero-order chi connectivity index (χ0) is 9.61. The molecule has 68 valence electrons. The second-order valence-corrected chi connectivity index (χ2v) is 1.93. The summed E-state index contributed by atoms with van der Waals surface area (Å²) in [6.45, 7) is 1.50. The lowest BCUT2D eigenvalue weighted by molar-refractivity contribution is -0.173. The van der Waals surface area contributed by atoms with Gasteiger partial charge in [0.25, 0.3) is 0 Å². The third-order valence-corrected chi connectivity index (χ3v) is 0.970. The molecule has 0 aromatic heterocycles. The van der Waals surface area contributed by atoms with E-state index in [0.29, 0.717) is 0 Å². The molecular weight excluding hydrogens is 171 g/mol. The van der Waals surface area contributed by atoms with Crippen LogP contribution < -0.4 is 5.32 Å². The van der Waals surface area contributed by atoms with Crippen molar-refractivity contribution in [1.29, 1.82) is 0 Å². The fraction of sp³-hybridized carbons (Fsp3) is 0.571. The minimum absolute atomic E-state index is 0.0703. The number of amides is 1. The van der Waals surface area contributed by atoms with Crippen LogP contribution in [0.25, 0.3) is 0 Å². The molecule has 0 fully saturated rings. The number of alkyl halides is 3. The molecule has 5 heteroatoms. The molecule has 0 heterocycles. The van der Waals surface area contributed by atoms with E-state index in [1.54, 1.807) is 12.2 Å². The largest absolute Gasteiger partial charge is 0.471 e. The first-order valence-electron chi connectivity index (χ1n) is 3.23. The van der Waals surface area contributed by atoms with Gasteiger partial charge < -0.3 is 5.32 Å². The number of nitrogens with one attached hydrogen (secondary N) is 1. The second kappa shape index (κ2) is 4.65. The third kappa shape index (κ3) is 4.61. The zero-order valence-electron chi connectivity index (χ0n) is 6.46. The van der Waals surface area contributed by atoms with Crippen molar-refractivity contribution in [3.63, 3.8) is 0 Å². The summed E-state index contributed by atoms with van der Waals surface area (Å²) in [5, 5.41) is 1.69. The Morgan fingerprint density at radius 1 is 1.50 bits per heavy atom. The quantitative estimate of drug-likeness (QED) is 0.498. The van der Waals surface area contributed by atoms with Gasteiger partial charge in [-0.1, -0.05) is 0 Å². The van der Waals surface area contributed by atoms with Gasteiger partial charge in [0, 0.05) is 13.0 Å². The van der Waals surface area contributed by atoms with Crippen LogP contribution in [0.5, 0.6) is 0 Å². The van der Waals surface area contributed by atoms with E-state index in [1.165, 1.54) is 0 Å². The predicted octanol–water partition coefficient (Wildman–Crippen LogP) is 1.08. The Morgan fingerprint density at radius 2 is 2.08 bits per heavy atom.